The molecule has 0 spiro atoms. The third-order valence-electron chi connectivity index (χ3n) is 3.78. The van der Waals surface area contributed by atoms with E-state index in [1.807, 2.05) is 0 Å². The summed E-state index contributed by atoms with van der Waals surface area (Å²) >= 11 is 0. The summed E-state index contributed by atoms with van der Waals surface area (Å²) in [6.45, 7) is 3.25. The molecule has 0 saturated carbocycles. The van der Waals surface area contributed by atoms with Crippen LogP contribution in [0.15, 0.2) is 18.2 Å². The second kappa shape index (κ2) is 6.53. The van der Waals surface area contributed by atoms with Crippen molar-refractivity contribution >= 4 is 17.3 Å². The Balaban J connectivity index is 2.11. The number of nitrogens with zero attached hydrogens (tertiary/aromatic N) is 2. The van der Waals surface area contributed by atoms with Crippen molar-refractivity contribution < 1.29 is 9.72 Å². The van der Waals surface area contributed by atoms with E-state index in [2.05, 4.69) is 12.3 Å². The van der Waals surface area contributed by atoms with Crippen molar-refractivity contribution in [3.63, 3.8) is 0 Å². The summed E-state index contributed by atoms with van der Waals surface area (Å²) in [5.41, 5.74) is 3.24. The zero-order chi connectivity index (χ0) is 15.4. The molecule has 7 nitrogen and oxygen atoms in total. The van der Waals surface area contributed by atoms with E-state index in [1.54, 1.807) is 17.0 Å². The third kappa shape index (κ3) is 3.49. The van der Waals surface area contributed by atoms with Crippen molar-refractivity contribution in [2.75, 3.05) is 12.0 Å². The molecule has 1 aromatic rings. The molecule has 0 aromatic heterocycles. The van der Waals surface area contributed by atoms with Crippen LogP contribution >= 0.6 is 0 Å². The molecule has 0 bridgehead atoms. The Morgan fingerprint density at radius 1 is 1.52 bits per heavy atom. The van der Waals surface area contributed by atoms with E-state index in [0.29, 0.717) is 18.9 Å². The summed E-state index contributed by atoms with van der Waals surface area (Å²) in [6.07, 6.45) is 2.69. The fraction of sp³-hybridized carbons (Fsp3) is 0.500. The molecule has 1 amide bonds. The van der Waals surface area contributed by atoms with Gasteiger partial charge in [0.2, 0.25) is 5.91 Å². The number of rotatable bonds is 6. The smallest absolute Gasteiger partial charge is 0.293 e. The maximum atomic E-state index is 12.0. The van der Waals surface area contributed by atoms with Gasteiger partial charge in [-0.15, -0.1) is 0 Å². The molecule has 1 aliphatic rings. The number of anilines is 1. The van der Waals surface area contributed by atoms with Crippen LogP contribution in [-0.4, -0.2) is 22.3 Å². The summed E-state index contributed by atoms with van der Waals surface area (Å²) in [7, 11) is 0. The molecule has 1 atom stereocenters. The summed E-state index contributed by atoms with van der Waals surface area (Å²) in [4.78, 5) is 24.3. The van der Waals surface area contributed by atoms with Crippen LogP contribution in [0.4, 0.5) is 11.4 Å². The van der Waals surface area contributed by atoms with Crippen molar-refractivity contribution in [1.29, 1.82) is 0 Å². The van der Waals surface area contributed by atoms with Crippen molar-refractivity contribution in [3.8, 4) is 0 Å². The number of nitro groups is 1. The van der Waals surface area contributed by atoms with Crippen molar-refractivity contribution in [1.82, 2.24) is 4.90 Å². The lowest BCUT2D eigenvalue weighted by atomic mass is 10.0. The number of benzene rings is 1. The normalized spacial score (nSPS) is 18.1. The molecular formula is C14H20N4O3. The highest BCUT2D eigenvalue weighted by atomic mass is 16.6. The molecule has 1 unspecified atom stereocenters. The number of hydrogen-bond donors (Lipinski definition) is 2. The van der Waals surface area contributed by atoms with Gasteiger partial charge in [0.05, 0.1) is 4.92 Å². The van der Waals surface area contributed by atoms with Gasteiger partial charge in [0.1, 0.15) is 5.69 Å². The molecule has 1 fully saturated rings. The molecule has 3 N–H and O–H groups in total. The number of nitro benzene ring substituents is 1. The quantitative estimate of drug-likeness (QED) is 0.474. The lowest BCUT2D eigenvalue weighted by Gasteiger charge is -2.17. The lowest BCUT2D eigenvalue weighted by Crippen LogP contribution is -2.24. The molecule has 2 rings (SSSR count). The number of hydrogen-bond acceptors (Lipinski definition) is 5. The summed E-state index contributed by atoms with van der Waals surface area (Å²) in [6, 6.07) is 4.79. The Morgan fingerprint density at radius 3 is 2.90 bits per heavy atom. The lowest BCUT2D eigenvalue weighted by molar-refractivity contribution is -0.384. The van der Waals surface area contributed by atoms with Crippen LogP contribution < -0.4 is 11.3 Å². The van der Waals surface area contributed by atoms with E-state index in [4.69, 9.17) is 5.84 Å². The topological polar surface area (TPSA) is 102 Å². The molecule has 0 radical (unpaired) electrons. The number of amides is 1. The fourth-order valence-electron chi connectivity index (χ4n) is 2.78. The average Bonchev–Trinajstić information content (AvgIpc) is 2.79. The van der Waals surface area contributed by atoms with Crippen molar-refractivity contribution in [3.05, 3.63) is 33.9 Å². The largest absolute Gasteiger partial charge is 0.338 e. The minimum Gasteiger partial charge on any atom is -0.338 e. The molecule has 1 aliphatic heterocycles. The maximum absolute atomic E-state index is 12.0. The number of nitrogens with two attached hydrogens (primary N) is 1. The standard InChI is InChI=1S/C14H20N4O3/c1-2-3-10-7-14(19)17(8-10)9-11-4-5-12(16-15)13(6-11)18(20)21/h4-6,10,16H,2-3,7-9,15H2,1H3. The highest BCUT2D eigenvalue weighted by Gasteiger charge is 2.29. The minimum atomic E-state index is -0.482. The van der Waals surface area contributed by atoms with Gasteiger partial charge < -0.3 is 10.3 Å². The predicted octanol–water partition coefficient (Wildman–Crippen LogP) is 2.03. The van der Waals surface area contributed by atoms with E-state index in [0.717, 1.165) is 24.9 Å². The molecule has 0 aliphatic carbocycles. The zero-order valence-corrected chi connectivity index (χ0v) is 12.0. The number of likely N-dealkylation sites (tertiary alicyclic amines) is 1. The summed E-state index contributed by atoms with van der Waals surface area (Å²) < 4.78 is 0. The summed E-state index contributed by atoms with van der Waals surface area (Å²) in [5.74, 6) is 5.78. The van der Waals surface area contributed by atoms with Gasteiger partial charge in [0.15, 0.2) is 0 Å². The van der Waals surface area contributed by atoms with Gasteiger partial charge in [0.25, 0.3) is 5.69 Å². The van der Waals surface area contributed by atoms with E-state index in [9.17, 15) is 14.9 Å². The SMILES string of the molecule is CCCC1CC(=O)N(Cc2ccc(NN)c([N+](=O)[O-])c2)C1. The minimum absolute atomic E-state index is 0.0771. The molecule has 21 heavy (non-hydrogen) atoms. The Hall–Kier alpha value is -2.15. The molecule has 7 heteroatoms. The molecule has 114 valence electrons. The molecule has 1 saturated heterocycles. The average molecular weight is 292 g/mol. The zero-order valence-electron chi connectivity index (χ0n) is 12.0. The molecular weight excluding hydrogens is 272 g/mol. The van der Waals surface area contributed by atoms with Crippen LogP contribution in [-0.2, 0) is 11.3 Å². The van der Waals surface area contributed by atoms with Gasteiger partial charge in [-0.05, 0) is 24.0 Å². The first-order chi connectivity index (χ1) is 10.0. The first-order valence-corrected chi connectivity index (χ1v) is 7.06. The van der Waals surface area contributed by atoms with Gasteiger partial charge >= 0.3 is 0 Å². The van der Waals surface area contributed by atoms with Gasteiger partial charge in [-0.25, -0.2) is 0 Å². The van der Waals surface area contributed by atoms with Gasteiger partial charge in [-0.1, -0.05) is 19.4 Å². The van der Waals surface area contributed by atoms with Crippen molar-refractivity contribution in [2.45, 2.75) is 32.7 Å². The Bertz CT molecular complexity index is 547. The highest BCUT2D eigenvalue weighted by Crippen LogP contribution is 2.28. The molecule has 1 heterocycles. The number of nitrogen functional groups attached to an aromatic ring is 1. The van der Waals surface area contributed by atoms with E-state index in [1.165, 1.54) is 6.07 Å². The Labute approximate surface area is 123 Å². The number of nitrogens with one attached hydrogen (secondary N) is 1. The van der Waals surface area contributed by atoms with Crippen LogP contribution in [0.5, 0.6) is 0 Å². The Kier molecular flexibility index (Phi) is 4.74. The second-order valence-corrected chi connectivity index (χ2v) is 5.39. The second-order valence-electron chi connectivity index (χ2n) is 5.39. The van der Waals surface area contributed by atoms with Crippen LogP contribution in [0.3, 0.4) is 0 Å². The van der Waals surface area contributed by atoms with Crippen LogP contribution in [0, 0.1) is 16.0 Å². The van der Waals surface area contributed by atoms with Crippen LogP contribution in [0.25, 0.3) is 0 Å². The summed E-state index contributed by atoms with van der Waals surface area (Å²) in [5, 5.41) is 11.0. The van der Waals surface area contributed by atoms with Crippen LogP contribution in [0.2, 0.25) is 0 Å². The maximum Gasteiger partial charge on any atom is 0.293 e. The molecule has 1 aromatic carbocycles. The highest BCUT2D eigenvalue weighted by molar-refractivity contribution is 5.78. The Morgan fingerprint density at radius 2 is 2.29 bits per heavy atom. The number of hydrazine groups is 1. The van der Waals surface area contributed by atoms with E-state index < -0.39 is 4.92 Å². The number of carbonyl (C=O) groups excluding carboxylic acids is 1. The number of carbonyl (C=O) groups is 1. The van der Waals surface area contributed by atoms with E-state index in [-0.39, 0.29) is 17.3 Å². The van der Waals surface area contributed by atoms with Crippen LogP contribution in [0.1, 0.15) is 31.7 Å². The third-order valence-corrected chi connectivity index (χ3v) is 3.78. The van der Waals surface area contributed by atoms with Gasteiger partial charge in [0, 0.05) is 25.6 Å². The first-order valence-electron chi connectivity index (χ1n) is 7.06. The predicted molar refractivity (Wildman–Crippen MR) is 79.3 cm³/mol. The fourth-order valence-corrected chi connectivity index (χ4v) is 2.78. The monoisotopic (exact) mass is 292 g/mol. The van der Waals surface area contributed by atoms with Crippen molar-refractivity contribution in [2.24, 2.45) is 11.8 Å². The van der Waals surface area contributed by atoms with E-state index >= 15 is 0 Å². The van der Waals surface area contributed by atoms with Gasteiger partial charge in [-0.2, -0.15) is 0 Å². The first kappa shape index (κ1) is 15.2. The van der Waals surface area contributed by atoms with Gasteiger partial charge in [-0.3, -0.25) is 20.8 Å².